The molecule has 6 rings (SSSR count). The van der Waals surface area contributed by atoms with E-state index in [0.717, 1.165) is 0 Å². The molecule has 0 aliphatic rings. The minimum atomic E-state index is -0.386. The zero-order chi connectivity index (χ0) is 33.9. The van der Waals surface area contributed by atoms with E-state index in [4.69, 9.17) is 19.1 Å². The molecule has 0 amide bonds. The maximum atomic E-state index is 4.81. The maximum Gasteiger partial charge on any atom is -0.0195 e. The van der Waals surface area contributed by atoms with Gasteiger partial charge in [-0.05, 0) is 84.6 Å². The van der Waals surface area contributed by atoms with Gasteiger partial charge in [0.1, 0.15) is 0 Å². The number of halogens is 2. The summed E-state index contributed by atoms with van der Waals surface area (Å²) in [5, 5.41) is 9.10. The fourth-order valence-corrected chi connectivity index (χ4v) is 17.8. The Morgan fingerprint density at radius 1 is 0.286 bits per heavy atom. The molecule has 6 aromatic rings. The standard InChI is InChI=1S/C42H42P4.2ClH.Pd/c1-7-19-37(20-8-1)43(33-35-45(39-23-11-3-12-24-39)40-25-13-4-14-26-40)31-32-44(38-21-9-2-10-22-38)34-36-46(41-27-15-5-16-28-41)42-29-17-6-18-30-42;;;/h1-30H,31-36H2;2*1H;/q;;;+2/p-2. The first-order valence-electron chi connectivity index (χ1n) is 16.4. The second kappa shape index (κ2) is 22.3. The second-order valence-corrected chi connectivity index (χ2v) is 23.3. The molecular formula is C42H42Cl2P4Pd. The molecule has 6 aromatic carbocycles. The molecule has 0 aromatic heterocycles. The molecule has 254 valence electrons. The summed E-state index contributed by atoms with van der Waals surface area (Å²) in [6.45, 7) is 0. The number of hydrogen-bond donors (Lipinski definition) is 0. The smallest absolute Gasteiger partial charge is 0.0195 e. The van der Waals surface area contributed by atoms with Crippen LogP contribution in [0.5, 0.6) is 0 Å². The van der Waals surface area contributed by atoms with Gasteiger partial charge in [-0.1, -0.05) is 198 Å². The fraction of sp³-hybridized carbons (Fsp3) is 0.143. The van der Waals surface area contributed by atoms with Crippen molar-refractivity contribution in [2.45, 2.75) is 0 Å². The van der Waals surface area contributed by atoms with Crippen LogP contribution in [0.4, 0.5) is 0 Å². The first-order valence-corrected chi connectivity index (χ1v) is 26.9. The Hall–Kier alpha value is -1.72. The number of benzene rings is 6. The largest absolute Gasteiger partial charge is 0.0746 e. The van der Waals surface area contributed by atoms with Crippen LogP contribution in [0.25, 0.3) is 0 Å². The summed E-state index contributed by atoms with van der Waals surface area (Å²) in [6.07, 6.45) is 7.60. The van der Waals surface area contributed by atoms with Crippen LogP contribution in [0.3, 0.4) is 0 Å². The van der Waals surface area contributed by atoms with Crippen LogP contribution < -0.4 is 31.8 Å². The minimum Gasteiger partial charge on any atom is -0.0746 e. The molecule has 0 aliphatic heterocycles. The summed E-state index contributed by atoms with van der Waals surface area (Å²) in [5.41, 5.74) is 0. The van der Waals surface area contributed by atoms with Gasteiger partial charge in [-0.25, -0.2) is 0 Å². The molecule has 0 fully saturated rings. The quantitative estimate of drug-likeness (QED) is 0.0714. The Bertz CT molecular complexity index is 1510. The first-order chi connectivity index (χ1) is 24.3. The third-order valence-corrected chi connectivity index (χ3v) is 19.5. The van der Waals surface area contributed by atoms with Gasteiger partial charge in [-0.15, -0.1) is 0 Å². The van der Waals surface area contributed by atoms with Crippen molar-refractivity contribution in [2.24, 2.45) is 0 Å². The van der Waals surface area contributed by atoms with E-state index in [1.165, 1.54) is 58.2 Å². The molecule has 0 saturated carbocycles. The van der Waals surface area contributed by atoms with Crippen molar-refractivity contribution in [1.29, 1.82) is 0 Å². The van der Waals surface area contributed by atoms with Crippen molar-refractivity contribution in [2.75, 3.05) is 37.0 Å². The van der Waals surface area contributed by atoms with E-state index >= 15 is 0 Å². The van der Waals surface area contributed by atoms with Crippen LogP contribution in [-0.2, 0) is 15.9 Å². The van der Waals surface area contributed by atoms with E-state index in [-0.39, 0.29) is 47.6 Å². The molecule has 2 atom stereocenters. The van der Waals surface area contributed by atoms with Gasteiger partial charge >= 0.3 is 35.0 Å². The molecule has 0 bridgehead atoms. The van der Waals surface area contributed by atoms with Gasteiger partial charge in [-0.3, -0.25) is 0 Å². The van der Waals surface area contributed by atoms with Gasteiger partial charge in [0, 0.05) is 0 Å². The molecule has 2 unspecified atom stereocenters. The zero-order valence-electron chi connectivity index (χ0n) is 27.4. The summed E-state index contributed by atoms with van der Waals surface area (Å²) in [4.78, 5) is 0. The van der Waals surface area contributed by atoms with Crippen LogP contribution in [0.2, 0.25) is 0 Å². The Kier molecular flexibility index (Phi) is 17.5. The molecule has 0 aliphatic carbocycles. The molecule has 0 heterocycles. The summed E-state index contributed by atoms with van der Waals surface area (Å²) >= 11 is -0.106. The van der Waals surface area contributed by atoms with Crippen molar-refractivity contribution >= 4 is 82.6 Å². The Labute approximate surface area is 315 Å². The van der Waals surface area contributed by atoms with Crippen molar-refractivity contribution < 1.29 is 15.9 Å². The average Bonchev–Trinajstić information content (AvgIpc) is 3.18. The van der Waals surface area contributed by atoms with E-state index in [0.29, 0.717) is 0 Å². The SMILES string of the molecule is [Cl][Pd][Cl].c1ccc(P(CCP(CCP(c2ccccc2)c2ccccc2)c2ccccc2)CCP(c2ccccc2)c2ccccc2)cc1. The van der Waals surface area contributed by atoms with Gasteiger partial charge in [0.25, 0.3) is 0 Å². The van der Waals surface area contributed by atoms with E-state index in [9.17, 15) is 0 Å². The molecule has 0 radical (unpaired) electrons. The third-order valence-electron chi connectivity index (χ3n) is 8.34. The predicted molar refractivity (Wildman–Crippen MR) is 225 cm³/mol. The minimum absolute atomic E-state index is 0.106. The van der Waals surface area contributed by atoms with Gasteiger partial charge in [0.05, 0.1) is 0 Å². The monoisotopic (exact) mass is 846 g/mol. The zero-order valence-corrected chi connectivity index (χ0v) is 34.1. The molecule has 0 spiro atoms. The van der Waals surface area contributed by atoms with E-state index in [1.807, 2.05) is 0 Å². The summed E-state index contributed by atoms with van der Waals surface area (Å²) in [5.74, 6) is 0. The fourth-order valence-electron chi connectivity index (χ4n) is 5.95. The van der Waals surface area contributed by atoms with Gasteiger partial charge < -0.3 is 0 Å². The van der Waals surface area contributed by atoms with Crippen LogP contribution in [0.1, 0.15) is 0 Å². The van der Waals surface area contributed by atoms with Crippen molar-refractivity contribution in [3.05, 3.63) is 182 Å². The normalized spacial score (nSPS) is 12.3. The Morgan fingerprint density at radius 3 is 0.694 bits per heavy atom. The van der Waals surface area contributed by atoms with Gasteiger partial charge in [0.2, 0.25) is 0 Å². The van der Waals surface area contributed by atoms with Crippen molar-refractivity contribution in [1.82, 2.24) is 0 Å². The summed E-state index contributed by atoms with van der Waals surface area (Å²) in [6, 6.07) is 67.9. The van der Waals surface area contributed by atoms with Crippen molar-refractivity contribution in [3.63, 3.8) is 0 Å². The van der Waals surface area contributed by atoms with Gasteiger partial charge in [-0.2, -0.15) is 0 Å². The third kappa shape index (κ3) is 12.5. The average molecular weight is 848 g/mol. The van der Waals surface area contributed by atoms with Crippen molar-refractivity contribution in [3.8, 4) is 0 Å². The summed E-state index contributed by atoms with van der Waals surface area (Å²) in [7, 11) is 8.32. The topological polar surface area (TPSA) is 0 Å². The molecule has 7 heteroatoms. The van der Waals surface area contributed by atoms with Gasteiger partial charge in [0.15, 0.2) is 0 Å². The molecule has 49 heavy (non-hydrogen) atoms. The van der Waals surface area contributed by atoms with E-state index < -0.39 is 0 Å². The van der Waals surface area contributed by atoms with Crippen LogP contribution in [0.15, 0.2) is 182 Å². The Balaban J connectivity index is 0.00000151. The van der Waals surface area contributed by atoms with E-state index in [2.05, 4.69) is 182 Å². The number of hydrogen-bond acceptors (Lipinski definition) is 0. The molecule has 0 N–H and O–H groups in total. The Morgan fingerprint density at radius 2 is 0.469 bits per heavy atom. The van der Waals surface area contributed by atoms with E-state index in [1.54, 1.807) is 10.6 Å². The molecule has 0 nitrogen and oxygen atoms in total. The van der Waals surface area contributed by atoms with Crippen LogP contribution in [0, 0.1) is 0 Å². The molecular weight excluding hydrogens is 806 g/mol. The second-order valence-electron chi connectivity index (χ2n) is 11.3. The first kappa shape index (κ1) is 38.5. The molecule has 0 saturated heterocycles. The maximum absolute atomic E-state index is 4.81. The van der Waals surface area contributed by atoms with Crippen LogP contribution >= 0.6 is 50.7 Å². The predicted octanol–water partition coefficient (Wildman–Crippen LogP) is 10.2. The summed E-state index contributed by atoms with van der Waals surface area (Å²) < 4.78 is 0. The van der Waals surface area contributed by atoms with Crippen LogP contribution in [-0.4, -0.2) is 37.0 Å². The number of rotatable bonds is 15.